The van der Waals surface area contributed by atoms with Gasteiger partial charge in [0.05, 0.1) is 7.11 Å². The van der Waals surface area contributed by atoms with Crippen molar-refractivity contribution >= 4 is 34.2 Å². The van der Waals surface area contributed by atoms with Gasteiger partial charge in [0, 0.05) is 20.2 Å². The van der Waals surface area contributed by atoms with Crippen LogP contribution in [0.2, 0.25) is 5.02 Å². The minimum atomic E-state index is 0.479. The Bertz CT molecular complexity index is 602. The maximum atomic E-state index is 6.09. The fourth-order valence-corrected chi connectivity index (χ4v) is 2.61. The zero-order valence-corrected chi connectivity index (χ0v) is 14.6. The summed E-state index contributed by atoms with van der Waals surface area (Å²) in [6.07, 6.45) is 0.693. The molecule has 0 fully saturated rings. The number of methoxy groups -OCH3 is 1. The number of benzene rings is 2. The number of halogens is 2. The van der Waals surface area contributed by atoms with E-state index in [4.69, 9.17) is 26.8 Å². The average Bonchev–Trinajstić information content (AvgIpc) is 2.47. The quantitative estimate of drug-likeness (QED) is 0.722. The lowest BCUT2D eigenvalue weighted by Crippen LogP contribution is -2.07. The number of nitrogens with two attached hydrogens (primary N) is 1. The van der Waals surface area contributed by atoms with Crippen molar-refractivity contribution in [2.24, 2.45) is 5.73 Å². The van der Waals surface area contributed by atoms with E-state index >= 15 is 0 Å². The molecule has 0 radical (unpaired) electrons. The van der Waals surface area contributed by atoms with Gasteiger partial charge in [0.2, 0.25) is 0 Å². The molecule has 5 heteroatoms. The number of ether oxygens (including phenoxy) is 2. The molecular formula is C16H17ClINO2. The molecule has 21 heavy (non-hydrogen) atoms. The molecule has 0 saturated carbocycles. The van der Waals surface area contributed by atoms with Crippen LogP contribution >= 0.6 is 34.2 Å². The highest BCUT2D eigenvalue weighted by Gasteiger charge is 2.12. The standard InChI is InChI=1S/C16H17ClINO2/c1-20-15-9-13(17)8-12(6-7-19)16(15)21-10-11-2-4-14(18)5-3-11/h2-5,8-9H,6-7,10,19H2,1H3. The molecule has 2 aromatic rings. The Morgan fingerprint density at radius 1 is 1.19 bits per heavy atom. The van der Waals surface area contributed by atoms with Crippen LogP contribution in [-0.2, 0) is 13.0 Å². The number of hydrogen-bond acceptors (Lipinski definition) is 3. The molecule has 0 aliphatic rings. The van der Waals surface area contributed by atoms with Crippen molar-refractivity contribution in [2.45, 2.75) is 13.0 Å². The van der Waals surface area contributed by atoms with Gasteiger partial charge >= 0.3 is 0 Å². The van der Waals surface area contributed by atoms with Crippen molar-refractivity contribution in [1.82, 2.24) is 0 Å². The van der Waals surface area contributed by atoms with Gasteiger partial charge in [-0.3, -0.25) is 0 Å². The van der Waals surface area contributed by atoms with Crippen molar-refractivity contribution < 1.29 is 9.47 Å². The molecule has 0 bridgehead atoms. The third-order valence-electron chi connectivity index (χ3n) is 3.03. The second-order valence-corrected chi connectivity index (χ2v) is 6.23. The van der Waals surface area contributed by atoms with E-state index in [1.54, 1.807) is 13.2 Å². The van der Waals surface area contributed by atoms with E-state index in [0.717, 1.165) is 11.1 Å². The van der Waals surface area contributed by atoms with Gasteiger partial charge in [0.25, 0.3) is 0 Å². The molecule has 0 atom stereocenters. The summed E-state index contributed by atoms with van der Waals surface area (Å²) in [5.41, 5.74) is 7.72. The van der Waals surface area contributed by atoms with Gasteiger partial charge < -0.3 is 15.2 Å². The zero-order chi connectivity index (χ0) is 15.2. The summed E-state index contributed by atoms with van der Waals surface area (Å²) in [4.78, 5) is 0. The van der Waals surface area contributed by atoms with E-state index < -0.39 is 0 Å². The Labute approximate surface area is 143 Å². The minimum Gasteiger partial charge on any atom is -0.493 e. The fourth-order valence-electron chi connectivity index (χ4n) is 2.02. The van der Waals surface area contributed by atoms with Crippen LogP contribution in [0.4, 0.5) is 0 Å². The Balaban J connectivity index is 2.22. The SMILES string of the molecule is COc1cc(Cl)cc(CCN)c1OCc1ccc(I)cc1. The van der Waals surface area contributed by atoms with E-state index in [1.165, 1.54) is 3.57 Å². The second-order valence-electron chi connectivity index (χ2n) is 4.55. The van der Waals surface area contributed by atoms with Crippen molar-refractivity contribution in [3.63, 3.8) is 0 Å². The molecule has 0 unspecified atom stereocenters. The van der Waals surface area contributed by atoms with Gasteiger partial charge in [-0.1, -0.05) is 23.7 Å². The summed E-state index contributed by atoms with van der Waals surface area (Å²) >= 11 is 8.37. The first-order chi connectivity index (χ1) is 10.1. The highest BCUT2D eigenvalue weighted by Crippen LogP contribution is 2.35. The van der Waals surface area contributed by atoms with Crippen molar-refractivity contribution in [2.75, 3.05) is 13.7 Å². The average molecular weight is 418 g/mol. The van der Waals surface area contributed by atoms with Gasteiger partial charge in [-0.25, -0.2) is 0 Å². The van der Waals surface area contributed by atoms with E-state index in [2.05, 4.69) is 34.7 Å². The molecule has 0 heterocycles. The topological polar surface area (TPSA) is 44.5 Å². The first-order valence-electron chi connectivity index (χ1n) is 6.57. The van der Waals surface area contributed by atoms with Crippen molar-refractivity contribution in [3.05, 3.63) is 56.1 Å². The maximum Gasteiger partial charge on any atom is 0.164 e. The fraction of sp³-hybridized carbons (Fsp3) is 0.250. The lowest BCUT2D eigenvalue weighted by molar-refractivity contribution is 0.281. The van der Waals surface area contributed by atoms with E-state index in [1.807, 2.05) is 18.2 Å². The Kier molecular flexibility index (Phi) is 6.14. The molecule has 0 aliphatic heterocycles. The van der Waals surface area contributed by atoms with Crippen LogP contribution in [0.25, 0.3) is 0 Å². The number of hydrogen-bond donors (Lipinski definition) is 1. The van der Waals surface area contributed by atoms with Crippen LogP contribution in [-0.4, -0.2) is 13.7 Å². The molecule has 2 aromatic carbocycles. The highest BCUT2D eigenvalue weighted by molar-refractivity contribution is 14.1. The Morgan fingerprint density at radius 2 is 1.90 bits per heavy atom. The van der Waals surface area contributed by atoms with Crippen LogP contribution < -0.4 is 15.2 Å². The number of rotatable bonds is 6. The van der Waals surface area contributed by atoms with Crippen molar-refractivity contribution in [1.29, 1.82) is 0 Å². The summed E-state index contributed by atoms with van der Waals surface area (Å²) in [5.74, 6) is 1.35. The molecule has 0 aliphatic carbocycles. The Hall–Kier alpha value is -0.980. The van der Waals surface area contributed by atoms with Gasteiger partial charge in [-0.2, -0.15) is 0 Å². The molecule has 0 aromatic heterocycles. The first-order valence-corrected chi connectivity index (χ1v) is 8.03. The summed E-state index contributed by atoms with van der Waals surface area (Å²) in [7, 11) is 1.61. The summed E-state index contributed by atoms with van der Waals surface area (Å²) in [6, 6.07) is 11.8. The molecule has 2 rings (SSSR count). The van der Waals surface area contributed by atoms with Crippen molar-refractivity contribution in [3.8, 4) is 11.5 Å². The lowest BCUT2D eigenvalue weighted by Gasteiger charge is -2.15. The van der Waals surface area contributed by atoms with Crippen LogP contribution in [0.3, 0.4) is 0 Å². The summed E-state index contributed by atoms with van der Waals surface area (Å²) in [5, 5.41) is 0.622. The lowest BCUT2D eigenvalue weighted by atomic mass is 10.1. The molecule has 0 spiro atoms. The minimum absolute atomic E-state index is 0.479. The molecule has 0 saturated heterocycles. The van der Waals surface area contributed by atoms with E-state index in [-0.39, 0.29) is 0 Å². The van der Waals surface area contributed by atoms with Crippen LogP contribution in [0.1, 0.15) is 11.1 Å². The maximum absolute atomic E-state index is 6.09. The largest absolute Gasteiger partial charge is 0.493 e. The predicted molar refractivity (Wildman–Crippen MR) is 94.3 cm³/mol. The van der Waals surface area contributed by atoms with E-state index in [0.29, 0.717) is 36.1 Å². The van der Waals surface area contributed by atoms with Gasteiger partial charge in [-0.15, -0.1) is 0 Å². The van der Waals surface area contributed by atoms with Gasteiger partial charge in [0.1, 0.15) is 6.61 Å². The molecular weight excluding hydrogens is 401 g/mol. The predicted octanol–water partition coefficient (Wildman–Crippen LogP) is 4.03. The third-order valence-corrected chi connectivity index (χ3v) is 3.96. The Morgan fingerprint density at radius 3 is 2.52 bits per heavy atom. The summed E-state index contributed by atoms with van der Waals surface area (Å²) < 4.78 is 12.5. The molecule has 3 nitrogen and oxygen atoms in total. The van der Waals surface area contributed by atoms with E-state index in [9.17, 15) is 0 Å². The monoisotopic (exact) mass is 417 g/mol. The van der Waals surface area contributed by atoms with Gasteiger partial charge in [-0.05, 0) is 59.3 Å². The highest BCUT2D eigenvalue weighted by atomic mass is 127. The molecule has 2 N–H and O–H groups in total. The van der Waals surface area contributed by atoms with Gasteiger partial charge in [0.15, 0.2) is 11.5 Å². The van der Waals surface area contributed by atoms with Crippen LogP contribution in [0, 0.1) is 3.57 Å². The van der Waals surface area contributed by atoms with Crippen LogP contribution in [0.5, 0.6) is 11.5 Å². The second kappa shape index (κ2) is 7.87. The smallest absolute Gasteiger partial charge is 0.164 e. The molecule has 112 valence electrons. The zero-order valence-electron chi connectivity index (χ0n) is 11.7. The van der Waals surface area contributed by atoms with Crippen LogP contribution in [0.15, 0.2) is 36.4 Å². The molecule has 0 amide bonds. The third kappa shape index (κ3) is 4.49. The first kappa shape index (κ1) is 16.4. The summed E-state index contributed by atoms with van der Waals surface area (Å²) in [6.45, 7) is 1.01. The normalized spacial score (nSPS) is 10.5.